The molecule has 0 saturated heterocycles. The van der Waals surface area contributed by atoms with Gasteiger partial charge in [0.05, 0.1) is 24.2 Å². The molecule has 0 radical (unpaired) electrons. The van der Waals surface area contributed by atoms with Crippen LogP contribution in [0.1, 0.15) is 5.69 Å². The minimum atomic E-state index is -0.191. The molecule has 8 heteroatoms. The highest BCUT2D eigenvalue weighted by atomic mass is 35.5. The van der Waals surface area contributed by atoms with E-state index in [0.717, 1.165) is 11.4 Å². The fraction of sp³-hybridized carbons (Fsp3) is 0.158. The summed E-state index contributed by atoms with van der Waals surface area (Å²) in [6.07, 6.45) is 0. The number of nitrogens with one attached hydrogen (secondary N) is 2. The summed E-state index contributed by atoms with van der Waals surface area (Å²) in [6, 6.07) is 14.6. The first kappa shape index (κ1) is 19.0. The minimum Gasteiger partial charge on any atom is -0.495 e. The Balaban J connectivity index is 1.90. The van der Waals surface area contributed by atoms with E-state index in [2.05, 4.69) is 10.6 Å². The van der Waals surface area contributed by atoms with Gasteiger partial charge in [0.25, 0.3) is 5.56 Å². The molecule has 0 spiro atoms. The van der Waals surface area contributed by atoms with Crippen molar-refractivity contribution in [2.24, 2.45) is 7.05 Å². The van der Waals surface area contributed by atoms with Gasteiger partial charge in [-0.1, -0.05) is 29.8 Å². The van der Waals surface area contributed by atoms with Crippen molar-refractivity contribution in [3.05, 3.63) is 69.6 Å². The molecule has 6 nitrogen and oxygen atoms in total. The third-order valence-corrected chi connectivity index (χ3v) is 4.64. The van der Waals surface area contributed by atoms with Crippen molar-refractivity contribution in [1.82, 2.24) is 9.36 Å². The average molecular weight is 403 g/mol. The highest BCUT2D eigenvalue weighted by Crippen LogP contribution is 2.27. The second kappa shape index (κ2) is 7.85. The van der Waals surface area contributed by atoms with Crippen molar-refractivity contribution in [2.45, 2.75) is 6.92 Å². The summed E-state index contributed by atoms with van der Waals surface area (Å²) in [4.78, 5) is 12.9. The first-order chi connectivity index (χ1) is 12.9. The van der Waals surface area contributed by atoms with Crippen LogP contribution in [0, 0.1) is 6.92 Å². The summed E-state index contributed by atoms with van der Waals surface area (Å²) in [5.74, 6) is 0.593. The fourth-order valence-corrected chi connectivity index (χ4v) is 3.14. The smallest absolute Gasteiger partial charge is 0.295 e. The van der Waals surface area contributed by atoms with E-state index in [1.807, 2.05) is 44.3 Å². The Morgan fingerprint density at radius 2 is 1.85 bits per heavy atom. The number of ether oxygens (including phenoxy) is 1. The van der Waals surface area contributed by atoms with Gasteiger partial charge in [-0.15, -0.1) is 0 Å². The zero-order valence-corrected chi connectivity index (χ0v) is 16.7. The van der Waals surface area contributed by atoms with Gasteiger partial charge in [0.1, 0.15) is 11.4 Å². The maximum Gasteiger partial charge on any atom is 0.295 e. The number of nitrogens with zero attached hydrogens (tertiary/aromatic N) is 2. The van der Waals surface area contributed by atoms with Crippen LogP contribution in [-0.4, -0.2) is 21.6 Å². The Labute approximate surface area is 167 Å². The van der Waals surface area contributed by atoms with Gasteiger partial charge in [0.2, 0.25) is 0 Å². The lowest BCUT2D eigenvalue weighted by Gasteiger charge is -2.13. The van der Waals surface area contributed by atoms with Gasteiger partial charge in [-0.3, -0.25) is 9.48 Å². The van der Waals surface area contributed by atoms with E-state index in [1.54, 1.807) is 34.7 Å². The fourth-order valence-electron chi connectivity index (χ4n) is 2.76. The third kappa shape index (κ3) is 3.84. The predicted octanol–water partition coefficient (Wildman–Crippen LogP) is 3.96. The topological polar surface area (TPSA) is 60.2 Å². The molecule has 3 aromatic rings. The first-order valence-electron chi connectivity index (χ1n) is 8.18. The molecule has 0 atom stereocenters. The van der Waals surface area contributed by atoms with Gasteiger partial charge in [0, 0.05) is 12.1 Å². The number of hydrogen-bond acceptors (Lipinski definition) is 3. The molecule has 0 bridgehead atoms. The van der Waals surface area contributed by atoms with Crippen LogP contribution in [0.5, 0.6) is 5.75 Å². The molecule has 1 aromatic heterocycles. The number of rotatable bonds is 4. The van der Waals surface area contributed by atoms with Crippen molar-refractivity contribution in [2.75, 3.05) is 17.7 Å². The monoisotopic (exact) mass is 402 g/mol. The number of anilines is 2. The number of halogens is 1. The molecule has 0 amide bonds. The molecular formula is C19H19ClN4O2S. The summed E-state index contributed by atoms with van der Waals surface area (Å²) >= 11 is 11.4. The van der Waals surface area contributed by atoms with E-state index in [4.69, 9.17) is 28.6 Å². The number of hydrogen-bond donors (Lipinski definition) is 2. The van der Waals surface area contributed by atoms with Gasteiger partial charge in [-0.2, -0.15) is 0 Å². The van der Waals surface area contributed by atoms with Crippen molar-refractivity contribution in [3.63, 3.8) is 0 Å². The Morgan fingerprint density at radius 1 is 1.15 bits per heavy atom. The van der Waals surface area contributed by atoms with Gasteiger partial charge in [0.15, 0.2) is 5.11 Å². The zero-order chi connectivity index (χ0) is 19.6. The van der Waals surface area contributed by atoms with Crippen molar-refractivity contribution >= 4 is 40.3 Å². The molecule has 2 aromatic carbocycles. The molecule has 0 unspecified atom stereocenters. The molecule has 140 valence electrons. The Bertz CT molecular complexity index is 1040. The average Bonchev–Trinajstić information content (AvgIpc) is 2.86. The van der Waals surface area contributed by atoms with Gasteiger partial charge in [-0.05, 0) is 49.5 Å². The molecule has 0 aliphatic rings. The zero-order valence-electron chi connectivity index (χ0n) is 15.1. The molecule has 2 N–H and O–H groups in total. The second-order valence-corrected chi connectivity index (χ2v) is 6.70. The summed E-state index contributed by atoms with van der Waals surface area (Å²) in [5, 5.41) is 6.83. The molecule has 0 fully saturated rings. The SMILES string of the molecule is COc1ccc(Cl)cc1NC(=S)Nc1c(C)n(C)n(-c2ccccc2)c1=O. The standard InChI is InChI=1S/C19H19ClN4O2S/c1-12-17(18(25)24(23(12)2)14-7-5-4-6-8-14)22-19(27)21-15-11-13(20)9-10-16(15)26-3/h4-11H,1-3H3,(H2,21,22,27). The molecule has 3 rings (SSSR count). The number of benzene rings is 2. The van der Waals surface area contributed by atoms with Crippen LogP contribution in [0.15, 0.2) is 53.3 Å². The maximum absolute atomic E-state index is 12.9. The largest absolute Gasteiger partial charge is 0.495 e. The number of methoxy groups -OCH3 is 1. The van der Waals surface area contributed by atoms with Crippen molar-refractivity contribution < 1.29 is 4.74 Å². The van der Waals surface area contributed by atoms with Gasteiger partial charge < -0.3 is 15.4 Å². The van der Waals surface area contributed by atoms with Crippen molar-refractivity contribution in [3.8, 4) is 11.4 Å². The van der Waals surface area contributed by atoms with E-state index in [1.165, 1.54) is 0 Å². The Hall–Kier alpha value is -2.77. The molecule has 0 saturated carbocycles. The lowest BCUT2D eigenvalue weighted by Crippen LogP contribution is -2.25. The normalized spacial score (nSPS) is 10.5. The van der Waals surface area contributed by atoms with Crippen LogP contribution in [0.25, 0.3) is 5.69 Å². The van der Waals surface area contributed by atoms with Crippen LogP contribution < -0.4 is 20.9 Å². The van der Waals surface area contributed by atoms with E-state index in [0.29, 0.717) is 22.1 Å². The van der Waals surface area contributed by atoms with Crippen LogP contribution in [-0.2, 0) is 7.05 Å². The molecular weight excluding hydrogens is 384 g/mol. The van der Waals surface area contributed by atoms with Crippen LogP contribution >= 0.6 is 23.8 Å². The maximum atomic E-state index is 12.9. The van der Waals surface area contributed by atoms with Gasteiger partial charge in [-0.25, -0.2) is 4.68 Å². The summed E-state index contributed by atoms with van der Waals surface area (Å²) in [5.41, 5.74) is 2.35. The Morgan fingerprint density at radius 3 is 2.52 bits per heavy atom. The highest BCUT2D eigenvalue weighted by molar-refractivity contribution is 7.80. The highest BCUT2D eigenvalue weighted by Gasteiger charge is 2.17. The first-order valence-corrected chi connectivity index (χ1v) is 8.96. The van der Waals surface area contributed by atoms with Crippen LogP contribution in [0.3, 0.4) is 0 Å². The van der Waals surface area contributed by atoms with E-state index >= 15 is 0 Å². The number of para-hydroxylation sites is 1. The third-order valence-electron chi connectivity index (χ3n) is 4.20. The van der Waals surface area contributed by atoms with E-state index < -0.39 is 0 Å². The summed E-state index contributed by atoms with van der Waals surface area (Å²) in [7, 11) is 3.39. The van der Waals surface area contributed by atoms with Gasteiger partial charge >= 0.3 is 0 Å². The van der Waals surface area contributed by atoms with Crippen LogP contribution in [0.4, 0.5) is 11.4 Å². The summed E-state index contributed by atoms with van der Waals surface area (Å²) < 4.78 is 8.67. The summed E-state index contributed by atoms with van der Waals surface area (Å²) in [6.45, 7) is 1.85. The lowest BCUT2D eigenvalue weighted by molar-refractivity contribution is 0.417. The minimum absolute atomic E-state index is 0.191. The quantitative estimate of drug-likeness (QED) is 0.647. The second-order valence-electron chi connectivity index (χ2n) is 5.86. The predicted molar refractivity (Wildman–Crippen MR) is 114 cm³/mol. The lowest BCUT2D eigenvalue weighted by atomic mass is 10.3. The molecule has 0 aliphatic carbocycles. The number of aromatic nitrogens is 2. The van der Waals surface area contributed by atoms with E-state index in [9.17, 15) is 4.79 Å². The molecule has 0 aliphatic heterocycles. The Kier molecular flexibility index (Phi) is 5.53. The van der Waals surface area contributed by atoms with Crippen LogP contribution in [0.2, 0.25) is 5.02 Å². The van der Waals surface area contributed by atoms with E-state index in [-0.39, 0.29) is 10.7 Å². The number of thiocarbonyl (C=S) groups is 1. The molecule has 27 heavy (non-hydrogen) atoms. The molecule has 1 heterocycles. The van der Waals surface area contributed by atoms with Crippen molar-refractivity contribution in [1.29, 1.82) is 0 Å².